The van der Waals surface area contributed by atoms with Crippen LogP contribution in [-0.2, 0) is 0 Å². The fraction of sp³-hybridized carbons (Fsp3) is 0. The predicted octanol–water partition coefficient (Wildman–Crippen LogP) is 7.08. The quantitative estimate of drug-likeness (QED) is 0.311. The molecule has 4 rings (SSSR count). The molecule has 0 amide bonds. The molecule has 0 heterocycles. The molecule has 0 saturated carbocycles. The SMILES string of the molecule is [2H]c1c([2H])c([2H])c2c(c1[2H])c([2H])c(-c1cccc(Cl)c1Br)c1c([2H])c([2H])c([2H])c([2H])c12. The molecule has 0 aliphatic heterocycles. The summed E-state index contributed by atoms with van der Waals surface area (Å²) in [6.07, 6.45) is 0. The molecule has 0 aromatic heterocycles. The summed E-state index contributed by atoms with van der Waals surface area (Å²) >= 11 is 9.61. The molecule has 0 radical (unpaired) electrons. The summed E-state index contributed by atoms with van der Waals surface area (Å²) < 4.78 is 75.3. The summed E-state index contributed by atoms with van der Waals surface area (Å²) in [6, 6.07) is 0.746. The lowest BCUT2D eigenvalue weighted by Crippen LogP contribution is -1.86. The first kappa shape index (κ1) is 7.16. The van der Waals surface area contributed by atoms with Crippen LogP contribution in [0.2, 0.25) is 5.02 Å². The van der Waals surface area contributed by atoms with E-state index in [0.717, 1.165) is 0 Å². The molecule has 0 nitrogen and oxygen atoms in total. The van der Waals surface area contributed by atoms with Crippen molar-refractivity contribution in [1.82, 2.24) is 0 Å². The first-order valence-corrected chi connectivity index (χ1v) is 7.54. The highest BCUT2D eigenvalue weighted by atomic mass is 79.9. The molecule has 0 N–H and O–H groups in total. The highest BCUT2D eigenvalue weighted by Gasteiger charge is 2.11. The highest BCUT2D eigenvalue weighted by molar-refractivity contribution is 9.10. The van der Waals surface area contributed by atoms with Crippen molar-refractivity contribution in [2.45, 2.75) is 0 Å². The van der Waals surface area contributed by atoms with Gasteiger partial charge in [-0.25, -0.2) is 0 Å². The molecule has 0 spiro atoms. The molecular formula is C20H12BrCl. The molecule has 0 atom stereocenters. The van der Waals surface area contributed by atoms with E-state index in [9.17, 15) is 0 Å². The zero-order valence-electron chi connectivity index (χ0n) is 20.0. The Bertz CT molecular complexity index is 1450. The summed E-state index contributed by atoms with van der Waals surface area (Å²) in [5.74, 6) is 0. The van der Waals surface area contributed by atoms with Gasteiger partial charge >= 0.3 is 0 Å². The summed E-state index contributed by atoms with van der Waals surface area (Å²) in [5, 5.41) is 0.0219. The molecular weight excluding hydrogens is 356 g/mol. The van der Waals surface area contributed by atoms with Crippen molar-refractivity contribution in [2.75, 3.05) is 0 Å². The maximum atomic E-state index is 8.86. The maximum absolute atomic E-state index is 8.86. The smallest absolute Gasteiger partial charge is 0.0636 e. The van der Waals surface area contributed by atoms with E-state index in [-0.39, 0.29) is 33.2 Å². The first-order chi connectivity index (χ1) is 14.5. The molecule has 0 saturated heterocycles. The topological polar surface area (TPSA) is 0 Å². The predicted molar refractivity (Wildman–Crippen MR) is 99.6 cm³/mol. The van der Waals surface area contributed by atoms with E-state index in [4.69, 9.17) is 23.9 Å². The Labute approximate surface area is 155 Å². The van der Waals surface area contributed by atoms with Gasteiger partial charge in [-0.05, 0) is 60.7 Å². The van der Waals surface area contributed by atoms with Gasteiger partial charge in [0.2, 0.25) is 0 Å². The Kier molecular flexibility index (Phi) is 1.76. The van der Waals surface area contributed by atoms with Crippen LogP contribution in [0.1, 0.15) is 12.3 Å². The Morgan fingerprint density at radius 1 is 0.818 bits per heavy atom. The monoisotopic (exact) mass is 375 g/mol. The lowest BCUT2D eigenvalue weighted by atomic mass is 9.93. The van der Waals surface area contributed by atoms with Crippen LogP contribution in [-0.4, -0.2) is 0 Å². The minimum absolute atomic E-state index is 0.00324. The van der Waals surface area contributed by atoms with Crippen LogP contribution >= 0.6 is 27.5 Å². The Hall–Kier alpha value is -1.83. The number of hydrogen-bond acceptors (Lipinski definition) is 0. The van der Waals surface area contributed by atoms with E-state index in [1.165, 1.54) is 0 Å². The third-order valence-corrected chi connectivity index (χ3v) is 4.74. The highest BCUT2D eigenvalue weighted by Crippen LogP contribution is 2.40. The second-order valence-corrected chi connectivity index (χ2v) is 5.80. The number of benzene rings is 4. The van der Waals surface area contributed by atoms with Crippen LogP contribution in [0.25, 0.3) is 32.7 Å². The van der Waals surface area contributed by atoms with Crippen molar-refractivity contribution in [2.24, 2.45) is 0 Å². The van der Waals surface area contributed by atoms with E-state index in [1.54, 1.807) is 18.2 Å². The normalized spacial score (nSPS) is 16.9. The van der Waals surface area contributed by atoms with Crippen molar-refractivity contribution >= 4 is 49.1 Å². The molecule has 0 aliphatic rings. The third-order valence-electron chi connectivity index (χ3n) is 3.35. The van der Waals surface area contributed by atoms with Crippen LogP contribution in [0.3, 0.4) is 0 Å². The van der Waals surface area contributed by atoms with Gasteiger partial charge in [-0.15, -0.1) is 0 Å². The van der Waals surface area contributed by atoms with E-state index < -0.39 is 48.3 Å². The third kappa shape index (κ3) is 2.13. The Morgan fingerprint density at radius 3 is 2.32 bits per heavy atom. The van der Waals surface area contributed by atoms with E-state index >= 15 is 0 Å². The van der Waals surface area contributed by atoms with Crippen LogP contribution in [0.4, 0.5) is 0 Å². The molecule has 0 bridgehead atoms. The summed E-state index contributed by atoms with van der Waals surface area (Å²) in [7, 11) is 0. The fourth-order valence-electron chi connectivity index (χ4n) is 2.37. The lowest BCUT2D eigenvalue weighted by molar-refractivity contribution is 1.62. The van der Waals surface area contributed by atoms with Gasteiger partial charge in [0.1, 0.15) is 0 Å². The summed E-state index contributed by atoms with van der Waals surface area (Å²) in [4.78, 5) is 0. The minimum Gasteiger partial charge on any atom is -0.0831 e. The van der Waals surface area contributed by atoms with Gasteiger partial charge < -0.3 is 0 Å². The van der Waals surface area contributed by atoms with Gasteiger partial charge in [0.15, 0.2) is 0 Å². The van der Waals surface area contributed by atoms with E-state index in [1.807, 2.05) is 0 Å². The van der Waals surface area contributed by atoms with Gasteiger partial charge in [-0.1, -0.05) is 72.1 Å². The summed E-state index contributed by atoms with van der Waals surface area (Å²) in [6.45, 7) is 0. The van der Waals surface area contributed by atoms with Gasteiger partial charge in [0, 0.05) is 4.47 Å². The van der Waals surface area contributed by atoms with Crippen molar-refractivity contribution in [1.29, 1.82) is 0 Å². The van der Waals surface area contributed by atoms with E-state index in [2.05, 4.69) is 15.9 Å². The Morgan fingerprint density at radius 2 is 1.50 bits per heavy atom. The standard InChI is InChI=1S/C20H12BrCl/c21-20-17(10-5-11-19(20)22)18-12-13-6-1-2-7-14(13)15-8-3-4-9-16(15)18/h1-12H/i1D,2D,3D,4D,6D,7D,8D,9D,12D. The second kappa shape index (κ2) is 5.42. The molecule has 22 heavy (non-hydrogen) atoms. The van der Waals surface area contributed by atoms with Crippen molar-refractivity contribution in [3.8, 4) is 11.1 Å². The van der Waals surface area contributed by atoms with Gasteiger partial charge in [0.05, 0.1) is 17.4 Å². The fourth-order valence-corrected chi connectivity index (χ4v) is 3.00. The van der Waals surface area contributed by atoms with Gasteiger partial charge in [-0.2, -0.15) is 0 Å². The molecule has 0 fully saturated rings. The maximum Gasteiger partial charge on any atom is 0.0636 e. The number of fused-ring (bicyclic) bond motifs is 3. The van der Waals surface area contributed by atoms with Crippen molar-refractivity contribution < 1.29 is 12.3 Å². The number of halogens is 2. The summed E-state index contributed by atoms with van der Waals surface area (Å²) in [5.41, 5.74) is 0.482. The van der Waals surface area contributed by atoms with Crippen LogP contribution in [0.15, 0.2) is 77.1 Å². The lowest BCUT2D eigenvalue weighted by Gasteiger charge is -2.13. The zero-order valence-corrected chi connectivity index (χ0v) is 13.3. The minimum atomic E-state index is -0.540. The van der Waals surface area contributed by atoms with Gasteiger partial charge in [-0.3, -0.25) is 0 Å². The van der Waals surface area contributed by atoms with E-state index in [0.29, 0.717) is 15.1 Å². The van der Waals surface area contributed by atoms with Crippen LogP contribution < -0.4 is 0 Å². The number of rotatable bonds is 1. The largest absolute Gasteiger partial charge is 0.0831 e. The van der Waals surface area contributed by atoms with Crippen molar-refractivity contribution in [3.05, 3.63) is 82.1 Å². The molecule has 4 aromatic rings. The van der Waals surface area contributed by atoms with Gasteiger partial charge in [0.25, 0.3) is 0 Å². The molecule has 4 aromatic carbocycles. The molecule has 0 aliphatic carbocycles. The number of hydrogen-bond donors (Lipinski definition) is 0. The average molecular weight is 377 g/mol. The van der Waals surface area contributed by atoms with Crippen LogP contribution in [0, 0.1) is 0 Å². The molecule has 2 heteroatoms. The van der Waals surface area contributed by atoms with Crippen molar-refractivity contribution in [3.63, 3.8) is 0 Å². The zero-order chi connectivity index (χ0) is 22.9. The average Bonchev–Trinajstić information content (AvgIpc) is 2.74. The first-order valence-electron chi connectivity index (χ1n) is 10.9. The molecule has 0 unspecified atom stereocenters. The second-order valence-electron chi connectivity index (χ2n) is 4.60. The van der Waals surface area contributed by atoms with Crippen LogP contribution in [0.5, 0.6) is 0 Å². The molecule has 106 valence electrons. The Balaban J connectivity index is 2.49.